The SMILES string of the molecule is CC(=O)Nc1ccc(S(=O)(=O)N2CCC[C@H](C(=O)NC3CCCCCC3)C2)cc1. The Kier molecular flexibility index (Phi) is 7.29. The Hall–Kier alpha value is -1.93. The van der Waals surface area contributed by atoms with Crippen molar-refractivity contribution in [1.29, 1.82) is 0 Å². The summed E-state index contributed by atoms with van der Waals surface area (Å²) >= 11 is 0. The molecule has 2 fully saturated rings. The van der Waals surface area contributed by atoms with Gasteiger partial charge >= 0.3 is 0 Å². The predicted molar refractivity (Wildman–Crippen MR) is 112 cm³/mol. The van der Waals surface area contributed by atoms with Crippen molar-refractivity contribution in [2.24, 2.45) is 5.92 Å². The zero-order chi connectivity index (χ0) is 20.9. The van der Waals surface area contributed by atoms with Crippen LogP contribution in [0.4, 0.5) is 5.69 Å². The highest BCUT2D eigenvalue weighted by molar-refractivity contribution is 7.89. The Balaban J connectivity index is 1.64. The van der Waals surface area contributed by atoms with Crippen molar-refractivity contribution in [3.05, 3.63) is 24.3 Å². The summed E-state index contributed by atoms with van der Waals surface area (Å²) < 4.78 is 27.5. The van der Waals surface area contributed by atoms with Crippen molar-refractivity contribution < 1.29 is 18.0 Å². The van der Waals surface area contributed by atoms with E-state index in [2.05, 4.69) is 10.6 Å². The van der Waals surface area contributed by atoms with Crippen LogP contribution in [0, 0.1) is 5.92 Å². The van der Waals surface area contributed by atoms with Crippen LogP contribution in [0.15, 0.2) is 29.2 Å². The van der Waals surface area contributed by atoms with Gasteiger partial charge < -0.3 is 10.6 Å². The molecule has 29 heavy (non-hydrogen) atoms. The lowest BCUT2D eigenvalue weighted by molar-refractivity contribution is -0.126. The summed E-state index contributed by atoms with van der Waals surface area (Å²) in [5.74, 6) is -0.530. The van der Waals surface area contributed by atoms with Crippen LogP contribution >= 0.6 is 0 Å². The summed E-state index contributed by atoms with van der Waals surface area (Å²) in [5.41, 5.74) is 0.552. The molecule has 0 radical (unpaired) electrons. The molecule has 1 atom stereocenters. The predicted octanol–water partition coefficient (Wildman–Crippen LogP) is 2.88. The fraction of sp³-hybridized carbons (Fsp3) is 0.619. The molecule has 3 rings (SSSR count). The first-order valence-electron chi connectivity index (χ1n) is 10.5. The van der Waals surface area contributed by atoms with Crippen molar-refractivity contribution in [2.75, 3.05) is 18.4 Å². The number of carbonyl (C=O) groups excluding carboxylic acids is 2. The summed E-state index contributed by atoms with van der Waals surface area (Å²) in [4.78, 5) is 24.1. The molecule has 0 unspecified atom stereocenters. The minimum Gasteiger partial charge on any atom is -0.353 e. The van der Waals surface area contributed by atoms with E-state index in [0.29, 0.717) is 25.1 Å². The molecule has 1 aliphatic heterocycles. The number of piperidine rings is 1. The number of carbonyl (C=O) groups is 2. The number of benzene rings is 1. The van der Waals surface area contributed by atoms with Gasteiger partial charge in [-0.05, 0) is 49.9 Å². The van der Waals surface area contributed by atoms with Gasteiger partial charge in [0, 0.05) is 31.7 Å². The molecule has 8 heteroatoms. The van der Waals surface area contributed by atoms with Crippen LogP contribution in [-0.2, 0) is 19.6 Å². The average molecular weight is 422 g/mol. The van der Waals surface area contributed by atoms with E-state index in [0.717, 1.165) is 25.7 Å². The van der Waals surface area contributed by atoms with Crippen LogP contribution in [0.25, 0.3) is 0 Å². The molecular weight excluding hydrogens is 390 g/mol. The van der Waals surface area contributed by atoms with E-state index in [-0.39, 0.29) is 35.2 Å². The van der Waals surface area contributed by atoms with Crippen molar-refractivity contribution in [3.63, 3.8) is 0 Å². The van der Waals surface area contributed by atoms with Crippen LogP contribution in [0.5, 0.6) is 0 Å². The maximum atomic E-state index is 13.0. The molecule has 7 nitrogen and oxygen atoms in total. The largest absolute Gasteiger partial charge is 0.353 e. The topological polar surface area (TPSA) is 95.6 Å². The Labute approximate surface area is 173 Å². The van der Waals surface area contributed by atoms with Gasteiger partial charge in [0.25, 0.3) is 0 Å². The first kappa shape index (κ1) is 21.8. The molecule has 0 aromatic heterocycles. The van der Waals surface area contributed by atoms with E-state index in [9.17, 15) is 18.0 Å². The van der Waals surface area contributed by atoms with Gasteiger partial charge in [0.1, 0.15) is 0 Å². The molecule has 1 saturated carbocycles. The second kappa shape index (κ2) is 9.71. The zero-order valence-corrected chi connectivity index (χ0v) is 17.8. The van der Waals surface area contributed by atoms with Gasteiger partial charge in [-0.1, -0.05) is 25.7 Å². The Morgan fingerprint density at radius 2 is 1.62 bits per heavy atom. The number of hydrogen-bond donors (Lipinski definition) is 2. The fourth-order valence-corrected chi connectivity index (χ4v) is 5.70. The molecule has 2 aliphatic rings. The molecule has 1 aromatic carbocycles. The molecule has 1 aliphatic carbocycles. The van der Waals surface area contributed by atoms with Crippen LogP contribution in [0.3, 0.4) is 0 Å². The van der Waals surface area contributed by atoms with Gasteiger partial charge in [0.05, 0.1) is 10.8 Å². The van der Waals surface area contributed by atoms with Crippen LogP contribution in [0.2, 0.25) is 0 Å². The van der Waals surface area contributed by atoms with Gasteiger partial charge in [-0.3, -0.25) is 9.59 Å². The molecule has 160 valence electrons. The quantitative estimate of drug-likeness (QED) is 0.715. The molecule has 0 spiro atoms. The first-order chi connectivity index (χ1) is 13.9. The fourth-order valence-electron chi connectivity index (χ4n) is 4.18. The second-order valence-corrected chi connectivity index (χ2v) is 10.0. The number of amides is 2. The number of nitrogens with one attached hydrogen (secondary N) is 2. The van der Waals surface area contributed by atoms with E-state index < -0.39 is 10.0 Å². The molecule has 2 N–H and O–H groups in total. The van der Waals surface area contributed by atoms with Gasteiger partial charge in [0.2, 0.25) is 21.8 Å². The molecule has 0 bridgehead atoms. The maximum absolute atomic E-state index is 13.0. The van der Waals surface area contributed by atoms with E-state index in [1.165, 1.54) is 36.2 Å². The molecule has 1 heterocycles. The van der Waals surface area contributed by atoms with Gasteiger partial charge in [-0.15, -0.1) is 0 Å². The third-order valence-corrected chi connectivity index (χ3v) is 7.65. The van der Waals surface area contributed by atoms with Gasteiger partial charge in [-0.2, -0.15) is 4.31 Å². The van der Waals surface area contributed by atoms with Crippen molar-refractivity contribution >= 4 is 27.5 Å². The Morgan fingerprint density at radius 3 is 2.24 bits per heavy atom. The summed E-state index contributed by atoms with van der Waals surface area (Å²) in [7, 11) is -3.67. The molecule has 2 amide bonds. The van der Waals surface area contributed by atoms with Crippen LogP contribution in [0.1, 0.15) is 58.3 Å². The van der Waals surface area contributed by atoms with Crippen molar-refractivity contribution in [3.8, 4) is 0 Å². The number of rotatable bonds is 5. The summed E-state index contributed by atoms with van der Waals surface area (Å²) in [6.07, 6.45) is 8.15. The highest BCUT2D eigenvalue weighted by Gasteiger charge is 2.34. The molecular formula is C21H31N3O4S. The maximum Gasteiger partial charge on any atom is 0.243 e. The van der Waals surface area contributed by atoms with Gasteiger partial charge in [-0.25, -0.2) is 8.42 Å². The number of sulfonamides is 1. The first-order valence-corrected chi connectivity index (χ1v) is 12.0. The minimum atomic E-state index is -3.67. The Bertz CT molecular complexity index is 815. The van der Waals surface area contributed by atoms with E-state index >= 15 is 0 Å². The zero-order valence-electron chi connectivity index (χ0n) is 17.0. The lowest BCUT2D eigenvalue weighted by Gasteiger charge is -2.32. The monoisotopic (exact) mass is 421 g/mol. The lowest BCUT2D eigenvalue weighted by Crippen LogP contribution is -2.47. The normalized spacial score (nSPS) is 21.9. The minimum absolute atomic E-state index is 0.0159. The lowest BCUT2D eigenvalue weighted by atomic mass is 9.97. The van der Waals surface area contributed by atoms with E-state index in [4.69, 9.17) is 0 Å². The highest BCUT2D eigenvalue weighted by Crippen LogP contribution is 2.25. The highest BCUT2D eigenvalue weighted by atomic mass is 32.2. The summed E-state index contributed by atoms with van der Waals surface area (Å²) in [5, 5.41) is 5.79. The Morgan fingerprint density at radius 1 is 0.966 bits per heavy atom. The number of hydrogen-bond acceptors (Lipinski definition) is 4. The molecule has 1 saturated heterocycles. The van der Waals surface area contributed by atoms with E-state index in [1.807, 2.05) is 0 Å². The second-order valence-electron chi connectivity index (χ2n) is 8.10. The third kappa shape index (κ3) is 5.79. The van der Waals surface area contributed by atoms with Crippen LogP contribution < -0.4 is 10.6 Å². The summed E-state index contributed by atoms with van der Waals surface area (Å²) in [6.45, 7) is 2.04. The smallest absolute Gasteiger partial charge is 0.243 e. The van der Waals surface area contributed by atoms with Crippen LogP contribution in [-0.4, -0.2) is 43.7 Å². The summed E-state index contributed by atoms with van der Waals surface area (Å²) in [6, 6.07) is 6.37. The van der Waals surface area contributed by atoms with Gasteiger partial charge in [0.15, 0.2) is 0 Å². The number of nitrogens with zero attached hydrogens (tertiary/aromatic N) is 1. The van der Waals surface area contributed by atoms with Crippen molar-refractivity contribution in [1.82, 2.24) is 9.62 Å². The number of anilines is 1. The van der Waals surface area contributed by atoms with Crippen molar-refractivity contribution in [2.45, 2.75) is 69.2 Å². The standard InChI is InChI=1S/C21H31N3O4S/c1-16(25)22-19-10-12-20(13-11-19)29(27,28)24-14-6-7-17(15-24)21(26)23-18-8-4-2-3-5-9-18/h10-13,17-18H,2-9,14-15H2,1H3,(H,22,25)(H,23,26)/t17-/m0/s1. The molecule has 1 aromatic rings. The third-order valence-electron chi connectivity index (χ3n) is 5.77. The van der Waals surface area contributed by atoms with E-state index in [1.54, 1.807) is 12.1 Å². The average Bonchev–Trinajstić information content (AvgIpc) is 2.97.